The topological polar surface area (TPSA) is 71.0 Å². The van der Waals surface area contributed by atoms with Gasteiger partial charge < -0.3 is 19.9 Å². The number of anilines is 1. The highest BCUT2D eigenvalue weighted by atomic mass is 16.5. The van der Waals surface area contributed by atoms with E-state index in [-0.39, 0.29) is 11.7 Å². The number of phenols is 1. The largest absolute Gasteiger partial charge is 0.508 e. The van der Waals surface area contributed by atoms with E-state index in [2.05, 4.69) is 16.3 Å². The minimum Gasteiger partial charge on any atom is -0.508 e. The van der Waals surface area contributed by atoms with E-state index in [9.17, 15) is 9.90 Å². The molecule has 3 rings (SSSR count). The summed E-state index contributed by atoms with van der Waals surface area (Å²) in [6.45, 7) is 1.86. The third-order valence-corrected chi connectivity index (χ3v) is 4.57. The summed E-state index contributed by atoms with van der Waals surface area (Å²) in [5.41, 5.74) is 3.03. The Bertz CT molecular complexity index is 831. The van der Waals surface area contributed by atoms with Crippen LogP contribution in [0.5, 0.6) is 17.2 Å². The zero-order valence-corrected chi connectivity index (χ0v) is 15.6. The molecule has 6 heteroatoms. The molecular formula is C21H24N2O4. The minimum absolute atomic E-state index is 0.0660. The number of carbonyl (C=O) groups excluding carboxylic acids is 1. The standard InChI is InChI=1S/C21H24N2O4/c1-26-19-8-5-17(13-20(19)27-2)22-21(25)14-23-11-9-16(10-12-23)15-3-6-18(24)7-4-15/h3-9,13,24H,10-12,14H2,1-2H3,(H,22,25). The van der Waals surface area contributed by atoms with Gasteiger partial charge in [-0.25, -0.2) is 0 Å². The number of rotatable bonds is 6. The number of hydrogen-bond donors (Lipinski definition) is 2. The molecule has 6 nitrogen and oxygen atoms in total. The number of nitrogens with one attached hydrogen (secondary N) is 1. The van der Waals surface area contributed by atoms with Gasteiger partial charge in [0, 0.05) is 24.8 Å². The van der Waals surface area contributed by atoms with Crippen molar-refractivity contribution in [2.24, 2.45) is 0 Å². The molecular weight excluding hydrogens is 344 g/mol. The number of amides is 1. The summed E-state index contributed by atoms with van der Waals surface area (Å²) in [6, 6.07) is 12.5. The second-order valence-electron chi connectivity index (χ2n) is 6.38. The number of nitrogens with zero attached hydrogens (tertiary/aromatic N) is 1. The molecule has 2 aromatic rings. The number of ether oxygens (including phenoxy) is 2. The summed E-state index contributed by atoms with van der Waals surface area (Å²) in [6.07, 6.45) is 3.01. The predicted molar refractivity (Wildman–Crippen MR) is 105 cm³/mol. The van der Waals surface area contributed by atoms with Crippen molar-refractivity contribution in [2.75, 3.05) is 39.2 Å². The Kier molecular flexibility index (Phi) is 5.98. The summed E-state index contributed by atoms with van der Waals surface area (Å²) >= 11 is 0. The highest BCUT2D eigenvalue weighted by Gasteiger charge is 2.16. The second-order valence-corrected chi connectivity index (χ2v) is 6.38. The zero-order chi connectivity index (χ0) is 19.2. The minimum atomic E-state index is -0.0660. The van der Waals surface area contributed by atoms with Crippen molar-refractivity contribution in [1.82, 2.24) is 4.90 Å². The number of aromatic hydroxyl groups is 1. The first-order valence-corrected chi connectivity index (χ1v) is 8.81. The van der Waals surface area contributed by atoms with Gasteiger partial charge in [-0.2, -0.15) is 0 Å². The van der Waals surface area contributed by atoms with Gasteiger partial charge in [-0.15, -0.1) is 0 Å². The highest BCUT2D eigenvalue weighted by molar-refractivity contribution is 5.92. The molecule has 0 aromatic heterocycles. The summed E-state index contributed by atoms with van der Waals surface area (Å²) in [4.78, 5) is 14.4. The summed E-state index contributed by atoms with van der Waals surface area (Å²) in [5.74, 6) is 1.40. The summed E-state index contributed by atoms with van der Waals surface area (Å²) in [5, 5.41) is 12.3. The summed E-state index contributed by atoms with van der Waals surface area (Å²) < 4.78 is 10.5. The molecule has 0 atom stereocenters. The van der Waals surface area contributed by atoms with E-state index in [1.165, 1.54) is 5.57 Å². The lowest BCUT2D eigenvalue weighted by Gasteiger charge is -2.26. The molecule has 142 valence electrons. The molecule has 1 aliphatic heterocycles. The van der Waals surface area contributed by atoms with Crippen LogP contribution < -0.4 is 14.8 Å². The van der Waals surface area contributed by atoms with E-state index in [0.29, 0.717) is 23.7 Å². The molecule has 0 spiro atoms. The lowest BCUT2D eigenvalue weighted by Crippen LogP contribution is -2.36. The maximum Gasteiger partial charge on any atom is 0.238 e. The van der Waals surface area contributed by atoms with Crippen molar-refractivity contribution in [3.63, 3.8) is 0 Å². The number of carbonyl (C=O) groups is 1. The molecule has 0 aliphatic carbocycles. The van der Waals surface area contributed by atoms with Gasteiger partial charge in [-0.3, -0.25) is 9.69 Å². The van der Waals surface area contributed by atoms with E-state index < -0.39 is 0 Å². The van der Waals surface area contributed by atoms with Crippen molar-refractivity contribution in [3.8, 4) is 17.2 Å². The normalized spacial score (nSPS) is 14.4. The van der Waals surface area contributed by atoms with Crippen LogP contribution in [0.15, 0.2) is 48.5 Å². The van der Waals surface area contributed by atoms with Crippen molar-refractivity contribution < 1.29 is 19.4 Å². The zero-order valence-electron chi connectivity index (χ0n) is 15.6. The predicted octanol–water partition coefficient (Wildman–Crippen LogP) is 3.14. The number of hydrogen-bond acceptors (Lipinski definition) is 5. The molecule has 0 fully saturated rings. The Morgan fingerprint density at radius 3 is 2.48 bits per heavy atom. The van der Waals surface area contributed by atoms with Gasteiger partial charge in [0.2, 0.25) is 5.91 Å². The smallest absolute Gasteiger partial charge is 0.238 e. The first-order chi connectivity index (χ1) is 13.1. The van der Waals surface area contributed by atoms with Gasteiger partial charge in [0.05, 0.1) is 20.8 Å². The molecule has 2 aromatic carbocycles. The molecule has 0 bridgehead atoms. The van der Waals surface area contributed by atoms with Gasteiger partial charge in [0.25, 0.3) is 0 Å². The Hall–Kier alpha value is -2.99. The van der Waals surface area contributed by atoms with Crippen LogP contribution in [0.4, 0.5) is 5.69 Å². The molecule has 1 amide bonds. The number of benzene rings is 2. The van der Waals surface area contributed by atoms with E-state index >= 15 is 0 Å². The maximum atomic E-state index is 12.4. The Morgan fingerprint density at radius 2 is 1.85 bits per heavy atom. The average molecular weight is 368 g/mol. The third-order valence-electron chi connectivity index (χ3n) is 4.57. The number of methoxy groups -OCH3 is 2. The average Bonchev–Trinajstić information content (AvgIpc) is 2.69. The van der Waals surface area contributed by atoms with Crippen LogP contribution in [0.25, 0.3) is 5.57 Å². The lowest BCUT2D eigenvalue weighted by atomic mass is 9.99. The van der Waals surface area contributed by atoms with Crippen LogP contribution >= 0.6 is 0 Å². The first-order valence-electron chi connectivity index (χ1n) is 8.81. The quantitative estimate of drug-likeness (QED) is 0.820. The van der Waals surface area contributed by atoms with E-state index in [1.807, 2.05) is 12.1 Å². The molecule has 1 aliphatic rings. The highest BCUT2D eigenvalue weighted by Crippen LogP contribution is 2.29. The van der Waals surface area contributed by atoms with Crippen molar-refractivity contribution in [2.45, 2.75) is 6.42 Å². The van der Waals surface area contributed by atoms with Gasteiger partial charge in [-0.05, 0) is 41.8 Å². The van der Waals surface area contributed by atoms with E-state index in [4.69, 9.17) is 9.47 Å². The fourth-order valence-electron chi connectivity index (χ4n) is 3.11. The van der Waals surface area contributed by atoms with Crippen LogP contribution in [0.3, 0.4) is 0 Å². The fraction of sp³-hybridized carbons (Fsp3) is 0.286. The lowest BCUT2D eigenvalue weighted by molar-refractivity contribution is -0.117. The summed E-state index contributed by atoms with van der Waals surface area (Å²) in [7, 11) is 3.14. The monoisotopic (exact) mass is 368 g/mol. The van der Waals surface area contributed by atoms with Crippen LogP contribution in [0.2, 0.25) is 0 Å². The van der Waals surface area contributed by atoms with Gasteiger partial charge in [-0.1, -0.05) is 18.2 Å². The molecule has 0 radical (unpaired) electrons. The van der Waals surface area contributed by atoms with Crippen molar-refractivity contribution in [3.05, 3.63) is 54.1 Å². The maximum absolute atomic E-state index is 12.4. The first kappa shape index (κ1) is 18.8. The van der Waals surface area contributed by atoms with Crippen molar-refractivity contribution in [1.29, 1.82) is 0 Å². The Balaban J connectivity index is 1.55. The van der Waals surface area contributed by atoms with Gasteiger partial charge in [0.15, 0.2) is 11.5 Å². The van der Waals surface area contributed by atoms with Gasteiger partial charge in [0.1, 0.15) is 5.75 Å². The SMILES string of the molecule is COc1ccc(NC(=O)CN2CC=C(c3ccc(O)cc3)CC2)cc1OC. The molecule has 2 N–H and O–H groups in total. The van der Waals surface area contributed by atoms with Crippen LogP contribution in [0.1, 0.15) is 12.0 Å². The van der Waals surface area contributed by atoms with Crippen LogP contribution in [-0.2, 0) is 4.79 Å². The number of phenolic OH excluding ortho intramolecular Hbond substituents is 1. The van der Waals surface area contributed by atoms with Crippen LogP contribution in [0, 0.1) is 0 Å². The van der Waals surface area contributed by atoms with Gasteiger partial charge >= 0.3 is 0 Å². The van der Waals surface area contributed by atoms with Crippen molar-refractivity contribution >= 4 is 17.2 Å². The Morgan fingerprint density at radius 1 is 1.11 bits per heavy atom. The van der Waals surface area contributed by atoms with Crippen LogP contribution in [-0.4, -0.2) is 49.8 Å². The fourth-order valence-corrected chi connectivity index (χ4v) is 3.11. The molecule has 0 unspecified atom stereocenters. The second kappa shape index (κ2) is 8.60. The Labute approximate surface area is 159 Å². The van der Waals surface area contributed by atoms with E-state index in [1.54, 1.807) is 44.6 Å². The molecule has 0 saturated carbocycles. The van der Waals surface area contributed by atoms with E-state index in [0.717, 1.165) is 25.1 Å². The molecule has 0 saturated heterocycles. The molecule has 27 heavy (non-hydrogen) atoms. The molecule has 1 heterocycles. The third kappa shape index (κ3) is 4.80.